The lowest BCUT2D eigenvalue weighted by Crippen LogP contribution is -2.40. The van der Waals surface area contributed by atoms with Gasteiger partial charge in [-0.3, -0.25) is 9.59 Å². The van der Waals surface area contributed by atoms with Crippen molar-refractivity contribution >= 4 is 17.3 Å². The van der Waals surface area contributed by atoms with Gasteiger partial charge in [0.05, 0.1) is 25.0 Å². The van der Waals surface area contributed by atoms with E-state index in [1.54, 1.807) is 37.5 Å². The van der Waals surface area contributed by atoms with Crippen LogP contribution < -0.4 is 15.8 Å². The van der Waals surface area contributed by atoms with Gasteiger partial charge < -0.3 is 19.5 Å². The number of aromatic nitrogens is 3. The summed E-state index contributed by atoms with van der Waals surface area (Å²) < 4.78 is 46.5. The second-order valence-electron chi connectivity index (χ2n) is 7.86. The number of halogens is 3. The highest BCUT2D eigenvalue weighted by atomic mass is 19.4. The maximum atomic E-state index is 13.2. The van der Waals surface area contributed by atoms with Crippen LogP contribution in [0.5, 0.6) is 0 Å². The van der Waals surface area contributed by atoms with Crippen LogP contribution >= 0.6 is 0 Å². The molecule has 1 aliphatic rings. The van der Waals surface area contributed by atoms with Crippen LogP contribution in [0.3, 0.4) is 0 Å². The van der Waals surface area contributed by atoms with Gasteiger partial charge in [-0.15, -0.1) is 5.10 Å². The van der Waals surface area contributed by atoms with Gasteiger partial charge >= 0.3 is 6.18 Å². The number of carbonyl (C=O) groups excluding carboxylic acids is 1. The second kappa shape index (κ2) is 9.26. The standard InChI is InChI=1S/C23H22F3N5O3/c1-14-18(13-30(2)22(33)19(14)31-8-10-34-11-9-31)15-4-3-5-16(12-15)28-21(32)17-6-7-27-29-20(17)23(24,25)26/h3-7,12-13H,8-11H2,1-2H3,(H,28,32). The molecule has 0 radical (unpaired) electrons. The van der Waals surface area contributed by atoms with Crippen LogP contribution in [0.2, 0.25) is 0 Å². The number of nitrogens with zero attached hydrogens (tertiary/aromatic N) is 4. The Hall–Kier alpha value is -3.73. The summed E-state index contributed by atoms with van der Waals surface area (Å²) >= 11 is 0. The first-order valence-corrected chi connectivity index (χ1v) is 10.5. The monoisotopic (exact) mass is 473 g/mol. The quantitative estimate of drug-likeness (QED) is 0.626. The average molecular weight is 473 g/mol. The van der Waals surface area contributed by atoms with E-state index in [9.17, 15) is 22.8 Å². The van der Waals surface area contributed by atoms with E-state index in [4.69, 9.17) is 4.74 Å². The van der Waals surface area contributed by atoms with Gasteiger partial charge in [0.2, 0.25) is 0 Å². The lowest BCUT2D eigenvalue weighted by Gasteiger charge is -2.30. The van der Waals surface area contributed by atoms with Crippen LogP contribution in [0.1, 0.15) is 21.6 Å². The van der Waals surface area contributed by atoms with Crippen molar-refractivity contribution in [2.75, 3.05) is 36.5 Å². The first-order valence-electron chi connectivity index (χ1n) is 10.5. The first-order chi connectivity index (χ1) is 16.2. The van der Waals surface area contributed by atoms with Crippen molar-refractivity contribution in [2.24, 2.45) is 7.05 Å². The summed E-state index contributed by atoms with van der Waals surface area (Å²) in [4.78, 5) is 27.5. The smallest absolute Gasteiger partial charge is 0.378 e. The highest BCUT2D eigenvalue weighted by Gasteiger charge is 2.37. The number of hydrogen-bond acceptors (Lipinski definition) is 6. The van der Waals surface area contributed by atoms with E-state index in [0.29, 0.717) is 43.2 Å². The number of anilines is 2. The van der Waals surface area contributed by atoms with Gasteiger partial charge in [0.15, 0.2) is 5.69 Å². The maximum Gasteiger partial charge on any atom is 0.435 e. The summed E-state index contributed by atoms with van der Waals surface area (Å²) in [5, 5.41) is 8.82. The third-order valence-corrected chi connectivity index (χ3v) is 5.60. The normalized spacial score (nSPS) is 14.2. The van der Waals surface area contributed by atoms with Crippen molar-refractivity contribution in [2.45, 2.75) is 13.1 Å². The highest BCUT2D eigenvalue weighted by molar-refractivity contribution is 6.05. The molecule has 34 heavy (non-hydrogen) atoms. The molecule has 0 spiro atoms. The van der Waals surface area contributed by atoms with E-state index in [2.05, 4.69) is 15.5 Å². The van der Waals surface area contributed by atoms with E-state index in [1.807, 2.05) is 11.8 Å². The summed E-state index contributed by atoms with van der Waals surface area (Å²) in [6.07, 6.45) is -2.08. The number of morpholine rings is 1. The number of amides is 1. The largest absolute Gasteiger partial charge is 0.435 e. The summed E-state index contributed by atoms with van der Waals surface area (Å²) in [5.74, 6) is -0.953. The van der Waals surface area contributed by atoms with Crippen molar-refractivity contribution in [1.29, 1.82) is 0 Å². The molecule has 4 rings (SSSR count). The molecule has 1 N–H and O–H groups in total. The summed E-state index contributed by atoms with van der Waals surface area (Å²) in [7, 11) is 1.66. The van der Waals surface area contributed by atoms with Crippen LogP contribution in [0, 0.1) is 6.92 Å². The van der Waals surface area contributed by atoms with E-state index in [0.717, 1.165) is 23.4 Å². The van der Waals surface area contributed by atoms with Gasteiger partial charge in [-0.1, -0.05) is 12.1 Å². The fraction of sp³-hybridized carbons (Fsp3) is 0.304. The van der Waals surface area contributed by atoms with E-state index in [1.165, 1.54) is 4.57 Å². The Morgan fingerprint density at radius 2 is 1.91 bits per heavy atom. The molecule has 0 saturated carbocycles. The van der Waals surface area contributed by atoms with Crippen molar-refractivity contribution < 1.29 is 22.7 Å². The van der Waals surface area contributed by atoms with Crippen LogP contribution in [0.25, 0.3) is 11.1 Å². The maximum absolute atomic E-state index is 13.2. The number of carbonyl (C=O) groups is 1. The van der Waals surface area contributed by atoms with Gasteiger partial charge in [0.25, 0.3) is 11.5 Å². The Balaban J connectivity index is 1.68. The molecule has 0 atom stereocenters. The number of benzene rings is 1. The van der Waals surface area contributed by atoms with Gasteiger partial charge in [0, 0.05) is 37.6 Å². The Morgan fingerprint density at radius 3 is 2.62 bits per heavy atom. The Morgan fingerprint density at radius 1 is 1.18 bits per heavy atom. The van der Waals surface area contributed by atoms with Gasteiger partial charge in [-0.2, -0.15) is 18.3 Å². The molecule has 178 valence electrons. The third-order valence-electron chi connectivity index (χ3n) is 5.60. The number of pyridine rings is 1. The predicted molar refractivity (Wildman–Crippen MR) is 120 cm³/mol. The van der Waals surface area contributed by atoms with Crippen LogP contribution in [0.15, 0.2) is 47.5 Å². The summed E-state index contributed by atoms with van der Waals surface area (Å²) in [6, 6.07) is 7.68. The van der Waals surface area contributed by atoms with Crippen LogP contribution in [-0.2, 0) is 18.0 Å². The highest BCUT2D eigenvalue weighted by Crippen LogP contribution is 2.32. The fourth-order valence-corrected chi connectivity index (χ4v) is 3.94. The molecule has 1 amide bonds. The predicted octanol–water partition coefficient (Wildman–Crippen LogP) is 3.26. The zero-order valence-corrected chi connectivity index (χ0v) is 18.5. The Labute approximate surface area is 193 Å². The van der Waals surface area contributed by atoms with Crippen LogP contribution in [-0.4, -0.2) is 47.0 Å². The lowest BCUT2D eigenvalue weighted by atomic mass is 10.00. The summed E-state index contributed by atoms with van der Waals surface area (Å²) in [5.41, 5.74) is 1.01. The fourth-order valence-electron chi connectivity index (χ4n) is 3.94. The second-order valence-corrected chi connectivity index (χ2v) is 7.86. The first kappa shape index (κ1) is 23.4. The number of nitrogens with one attached hydrogen (secondary N) is 1. The molecule has 3 aromatic rings. The van der Waals surface area contributed by atoms with Crippen LogP contribution in [0.4, 0.5) is 24.5 Å². The molecule has 0 unspecified atom stereocenters. The molecule has 1 aromatic carbocycles. The molecule has 8 nitrogen and oxygen atoms in total. The summed E-state index contributed by atoms with van der Waals surface area (Å²) in [6.45, 7) is 4.09. The molecule has 3 heterocycles. The number of alkyl halides is 3. The Kier molecular flexibility index (Phi) is 6.38. The van der Waals surface area contributed by atoms with Crippen molar-refractivity contribution in [3.63, 3.8) is 0 Å². The van der Waals surface area contributed by atoms with Gasteiger partial charge in [0.1, 0.15) is 5.69 Å². The molecule has 0 bridgehead atoms. The minimum absolute atomic E-state index is 0.127. The van der Waals surface area contributed by atoms with E-state index in [-0.39, 0.29) is 5.56 Å². The van der Waals surface area contributed by atoms with Crippen molar-refractivity contribution in [1.82, 2.24) is 14.8 Å². The molecule has 1 aliphatic heterocycles. The molecular formula is C23H22F3N5O3. The average Bonchev–Trinajstić information content (AvgIpc) is 2.82. The lowest BCUT2D eigenvalue weighted by molar-refractivity contribution is -0.142. The zero-order valence-electron chi connectivity index (χ0n) is 18.5. The minimum atomic E-state index is -4.81. The van der Waals surface area contributed by atoms with E-state index >= 15 is 0 Å². The molecular weight excluding hydrogens is 451 g/mol. The zero-order chi connectivity index (χ0) is 24.5. The molecule has 1 saturated heterocycles. The number of hydrogen-bond donors (Lipinski definition) is 1. The Bertz CT molecular complexity index is 1280. The molecule has 2 aromatic heterocycles. The minimum Gasteiger partial charge on any atom is -0.378 e. The molecule has 1 fully saturated rings. The third kappa shape index (κ3) is 4.65. The SMILES string of the molecule is Cc1c(-c2cccc(NC(=O)c3ccnnc3C(F)(F)F)c2)cn(C)c(=O)c1N1CCOCC1. The molecule has 0 aliphatic carbocycles. The van der Waals surface area contributed by atoms with Crippen molar-refractivity contribution in [3.8, 4) is 11.1 Å². The number of rotatable bonds is 4. The topological polar surface area (TPSA) is 89.3 Å². The van der Waals surface area contributed by atoms with Gasteiger partial charge in [-0.25, -0.2) is 0 Å². The molecule has 11 heteroatoms. The number of ether oxygens (including phenoxy) is 1. The number of aryl methyl sites for hydroxylation is 1. The van der Waals surface area contributed by atoms with Crippen molar-refractivity contribution in [3.05, 3.63) is 69.9 Å². The van der Waals surface area contributed by atoms with Gasteiger partial charge in [-0.05, 0) is 36.2 Å². The van der Waals surface area contributed by atoms with E-state index < -0.39 is 23.3 Å².